The molecule has 3 heteroatoms. The molecule has 0 aromatic heterocycles. The lowest BCUT2D eigenvalue weighted by Gasteiger charge is -2.19. The van der Waals surface area contributed by atoms with Crippen molar-refractivity contribution in [3.05, 3.63) is 0 Å². The number of nitrogens with one attached hydrogen (secondary N) is 1. The van der Waals surface area contributed by atoms with Crippen LogP contribution < -0.4 is 5.43 Å². The SMILES string of the molecule is CCC1(C)NN=C(C)S1. The van der Waals surface area contributed by atoms with Gasteiger partial charge in [-0.3, -0.25) is 5.43 Å². The molecule has 1 rings (SSSR count). The molecule has 52 valence electrons. The molecule has 1 aliphatic rings. The fraction of sp³-hybridized carbons (Fsp3) is 0.833. The van der Waals surface area contributed by atoms with Crippen LogP contribution in [-0.4, -0.2) is 9.91 Å². The van der Waals surface area contributed by atoms with Gasteiger partial charge in [-0.05, 0) is 20.3 Å². The molecule has 0 aromatic carbocycles. The number of hydrogen-bond donors (Lipinski definition) is 1. The summed E-state index contributed by atoms with van der Waals surface area (Å²) in [6.45, 7) is 6.35. The van der Waals surface area contributed by atoms with Crippen molar-refractivity contribution in [1.82, 2.24) is 5.43 Å². The maximum absolute atomic E-state index is 4.09. The summed E-state index contributed by atoms with van der Waals surface area (Å²) in [5.41, 5.74) is 3.08. The first-order valence-electron chi connectivity index (χ1n) is 3.17. The Morgan fingerprint density at radius 2 is 2.44 bits per heavy atom. The fourth-order valence-electron chi connectivity index (χ4n) is 0.720. The molecular weight excluding hydrogens is 132 g/mol. The maximum atomic E-state index is 4.09. The number of rotatable bonds is 1. The van der Waals surface area contributed by atoms with Gasteiger partial charge in [0.05, 0.1) is 5.04 Å². The third-order valence-corrected chi connectivity index (χ3v) is 2.71. The Labute approximate surface area is 60.1 Å². The van der Waals surface area contributed by atoms with Crippen LogP contribution in [0.3, 0.4) is 0 Å². The molecule has 0 aliphatic carbocycles. The molecule has 1 atom stereocenters. The van der Waals surface area contributed by atoms with Crippen molar-refractivity contribution >= 4 is 16.8 Å². The summed E-state index contributed by atoms with van der Waals surface area (Å²) >= 11 is 1.81. The van der Waals surface area contributed by atoms with Crippen molar-refractivity contribution in [1.29, 1.82) is 0 Å². The van der Waals surface area contributed by atoms with Gasteiger partial charge in [0.1, 0.15) is 4.87 Å². The van der Waals surface area contributed by atoms with E-state index < -0.39 is 0 Å². The monoisotopic (exact) mass is 144 g/mol. The van der Waals surface area contributed by atoms with E-state index in [1.807, 2.05) is 6.92 Å². The van der Waals surface area contributed by atoms with Gasteiger partial charge in [-0.15, -0.1) is 0 Å². The van der Waals surface area contributed by atoms with E-state index in [-0.39, 0.29) is 4.87 Å². The molecule has 0 saturated heterocycles. The first kappa shape index (κ1) is 6.93. The Morgan fingerprint density at radius 1 is 1.78 bits per heavy atom. The molecule has 0 spiro atoms. The molecule has 1 N–H and O–H groups in total. The van der Waals surface area contributed by atoms with Gasteiger partial charge in [-0.1, -0.05) is 18.7 Å². The molecule has 0 amide bonds. The molecular formula is C6H12N2S. The van der Waals surface area contributed by atoms with Crippen molar-refractivity contribution < 1.29 is 0 Å². The van der Waals surface area contributed by atoms with Crippen molar-refractivity contribution in [2.75, 3.05) is 0 Å². The highest BCUT2D eigenvalue weighted by molar-refractivity contribution is 8.15. The van der Waals surface area contributed by atoms with Gasteiger partial charge >= 0.3 is 0 Å². The van der Waals surface area contributed by atoms with E-state index in [9.17, 15) is 0 Å². The van der Waals surface area contributed by atoms with Crippen molar-refractivity contribution in [3.63, 3.8) is 0 Å². The van der Waals surface area contributed by atoms with Crippen molar-refractivity contribution in [3.8, 4) is 0 Å². The molecule has 1 unspecified atom stereocenters. The van der Waals surface area contributed by atoms with Crippen LogP contribution >= 0.6 is 11.8 Å². The minimum atomic E-state index is 0.171. The third-order valence-electron chi connectivity index (χ3n) is 1.50. The predicted molar refractivity (Wildman–Crippen MR) is 42.5 cm³/mol. The second kappa shape index (κ2) is 2.21. The smallest absolute Gasteiger partial charge is 0.103 e. The topological polar surface area (TPSA) is 24.4 Å². The van der Waals surface area contributed by atoms with Crippen LogP contribution in [0.2, 0.25) is 0 Å². The molecule has 0 bridgehead atoms. The van der Waals surface area contributed by atoms with Crippen LogP contribution in [-0.2, 0) is 0 Å². The van der Waals surface area contributed by atoms with Gasteiger partial charge in [-0.2, -0.15) is 5.10 Å². The Hall–Kier alpha value is -0.180. The predicted octanol–water partition coefficient (Wildman–Crippen LogP) is 1.78. The van der Waals surface area contributed by atoms with Gasteiger partial charge in [0.25, 0.3) is 0 Å². The highest BCUT2D eigenvalue weighted by atomic mass is 32.2. The van der Waals surface area contributed by atoms with Gasteiger partial charge in [0, 0.05) is 0 Å². The minimum absolute atomic E-state index is 0.171. The van der Waals surface area contributed by atoms with Crippen LogP contribution in [0.5, 0.6) is 0 Å². The highest BCUT2D eigenvalue weighted by Gasteiger charge is 2.27. The molecule has 0 aromatic rings. The normalized spacial score (nSPS) is 33.9. The maximum Gasteiger partial charge on any atom is 0.103 e. The van der Waals surface area contributed by atoms with E-state index in [2.05, 4.69) is 24.4 Å². The lowest BCUT2D eigenvalue weighted by Crippen LogP contribution is -2.30. The summed E-state index contributed by atoms with van der Waals surface area (Å²) in [5.74, 6) is 0. The lowest BCUT2D eigenvalue weighted by atomic mass is 10.3. The first-order chi connectivity index (χ1) is 4.16. The third kappa shape index (κ3) is 1.39. The Morgan fingerprint density at radius 3 is 2.67 bits per heavy atom. The summed E-state index contributed by atoms with van der Waals surface area (Å²) in [6, 6.07) is 0. The van der Waals surface area contributed by atoms with Crippen LogP contribution in [0.15, 0.2) is 5.10 Å². The Bertz CT molecular complexity index is 144. The van der Waals surface area contributed by atoms with Crippen molar-refractivity contribution in [2.45, 2.75) is 32.1 Å². The zero-order chi connectivity index (χ0) is 6.91. The zero-order valence-electron chi connectivity index (χ0n) is 6.06. The van der Waals surface area contributed by atoms with Crippen LogP contribution in [0, 0.1) is 0 Å². The highest BCUT2D eigenvalue weighted by Crippen LogP contribution is 2.30. The second-order valence-corrected chi connectivity index (χ2v) is 4.13. The number of hydrazone groups is 1. The standard InChI is InChI=1S/C6H12N2S/c1-4-6(3)8-7-5(2)9-6/h8H,4H2,1-3H3. The van der Waals surface area contributed by atoms with Crippen LogP contribution in [0.25, 0.3) is 0 Å². The van der Waals surface area contributed by atoms with E-state index >= 15 is 0 Å². The van der Waals surface area contributed by atoms with E-state index in [0.717, 1.165) is 11.5 Å². The Kier molecular flexibility index (Phi) is 1.70. The van der Waals surface area contributed by atoms with Gasteiger partial charge in [-0.25, -0.2) is 0 Å². The molecule has 0 saturated carbocycles. The lowest BCUT2D eigenvalue weighted by molar-refractivity contribution is 0.519. The van der Waals surface area contributed by atoms with E-state index in [4.69, 9.17) is 0 Å². The van der Waals surface area contributed by atoms with Gasteiger partial charge in [0.15, 0.2) is 0 Å². The number of thioether (sulfide) groups is 1. The van der Waals surface area contributed by atoms with E-state index in [0.29, 0.717) is 0 Å². The van der Waals surface area contributed by atoms with Crippen molar-refractivity contribution in [2.24, 2.45) is 5.10 Å². The molecule has 9 heavy (non-hydrogen) atoms. The number of nitrogens with zero attached hydrogens (tertiary/aromatic N) is 1. The number of hydrogen-bond acceptors (Lipinski definition) is 3. The quantitative estimate of drug-likeness (QED) is 0.606. The average molecular weight is 144 g/mol. The fourth-order valence-corrected chi connectivity index (χ4v) is 1.70. The first-order valence-corrected chi connectivity index (χ1v) is 3.98. The molecule has 1 heterocycles. The summed E-state index contributed by atoms with van der Waals surface area (Å²) in [6.07, 6.45) is 1.11. The summed E-state index contributed by atoms with van der Waals surface area (Å²) < 4.78 is 0. The van der Waals surface area contributed by atoms with Crippen LogP contribution in [0.1, 0.15) is 27.2 Å². The van der Waals surface area contributed by atoms with Gasteiger partial charge < -0.3 is 0 Å². The summed E-state index contributed by atoms with van der Waals surface area (Å²) in [4.78, 5) is 0.171. The minimum Gasteiger partial charge on any atom is -0.293 e. The molecule has 0 fully saturated rings. The van der Waals surface area contributed by atoms with E-state index in [1.54, 1.807) is 11.8 Å². The summed E-state index contributed by atoms with van der Waals surface area (Å²) in [5, 5.41) is 5.23. The van der Waals surface area contributed by atoms with Gasteiger partial charge in [0.2, 0.25) is 0 Å². The second-order valence-electron chi connectivity index (χ2n) is 2.43. The molecule has 1 aliphatic heterocycles. The average Bonchev–Trinajstić information content (AvgIpc) is 2.13. The zero-order valence-corrected chi connectivity index (χ0v) is 6.88. The molecule has 0 radical (unpaired) electrons. The largest absolute Gasteiger partial charge is 0.293 e. The Balaban J connectivity index is 2.53. The molecule has 2 nitrogen and oxygen atoms in total. The van der Waals surface area contributed by atoms with Crippen LogP contribution in [0.4, 0.5) is 0 Å². The summed E-state index contributed by atoms with van der Waals surface area (Å²) in [7, 11) is 0. The van der Waals surface area contributed by atoms with E-state index in [1.165, 1.54) is 0 Å².